The highest BCUT2D eigenvalue weighted by Gasteiger charge is 2.38. The molecule has 0 bridgehead atoms. The van der Waals surface area contributed by atoms with Crippen molar-refractivity contribution in [1.29, 1.82) is 0 Å². The van der Waals surface area contributed by atoms with Crippen LogP contribution in [0.1, 0.15) is 18.4 Å². The molecule has 1 atom stereocenters. The second-order valence-electron chi connectivity index (χ2n) is 5.20. The lowest BCUT2D eigenvalue weighted by molar-refractivity contribution is -0.141. The van der Waals surface area contributed by atoms with Gasteiger partial charge in [-0.3, -0.25) is 0 Å². The summed E-state index contributed by atoms with van der Waals surface area (Å²) in [5.74, 6) is 1.52. The fraction of sp³-hybridized carbons (Fsp3) is 0.467. The molecule has 0 saturated carbocycles. The Balaban J connectivity index is 2.12. The predicted octanol–water partition coefficient (Wildman–Crippen LogP) is 1.80. The van der Waals surface area contributed by atoms with Crippen molar-refractivity contribution in [3.05, 3.63) is 11.6 Å². The van der Waals surface area contributed by atoms with Crippen LogP contribution >= 0.6 is 0 Å². The summed E-state index contributed by atoms with van der Waals surface area (Å²) in [6, 6.07) is 1.31. The standard InChI is InChI=1S/C15H18N2O5/c1-20-10-6-8-7-17-9(15(18)19)4-5-11(17)16-12(8)14(22-3)13(10)21-2/h6,9H,4-5,7H2,1-3H3,(H,18,19)/t9-/m0/s1. The lowest BCUT2D eigenvalue weighted by Gasteiger charge is -2.30. The van der Waals surface area contributed by atoms with E-state index in [0.29, 0.717) is 42.3 Å². The van der Waals surface area contributed by atoms with Crippen LogP contribution in [0.4, 0.5) is 5.69 Å². The first-order chi connectivity index (χ1) is 10.6. The quantitative estimate of drug-likeness (QED) is 0.913. The minimum absolute atomic E-state index is 0.474. The maximum atomic E-state index is 11.3. The molecule has 0 amide bonds. The van der Waals surface area contributed by atoms with E-state index in [1.807, 2.05) is 11.0 Å². The Morgan fingerprint density at radius 2 is 2.00 bits per heavy atom. The summed E-state index contributed by atoms with van der Waals surface area (Å²) in [5, 5.41) is 9.32. The number of amidine groups is 1. The smallest absolute Gasteiger partial charge is 0.326 e. The van der Waals surface area contributed by atoms with Crippen molar-refractivity contribution in [2.24, 2.45) is 4.99 Å². The minimum atomic E-state index is -0.818. The SMILES string of the molecule is COc1cc2c(c(OC)c1OC)N=C1CC[C@@H](C(=O)O)N1C2. The van der Waals surface area contributed by atoms with Crippen LogP contribution in [-0.4, -0.2) is 49.2 Å². The van der Waals surface area contributed by atoms with Crippen LogP contribution in [0, 0.1) is 0 Å². The molecule has 1 N–H and O–H groups in total. The highest BCUT2D eigenvalue weighted by atomic mass is 16.5. The van der Waals surface area contributed by atoms with E-state index in [2.05, 4.69) is 4.99 Å². The van der Waals surface area contributed by atoms with Crippen molar-refractivity contribution in [3.8, 4) is 17.2 Å². The Morgan fingerprint density at radius 3 is 2.59 bits per heavy atom. The van der Waals surface area contributed by atoms with Crippen molar-refractivity contribution < 1.29 is 24.1 Å². The van der Waals surface area contributed by atoms with Gasteiger partial charge in [0.15, 0.2) is 11.5 Å². The van der Waals surface area contributed by atoms with Crippen LogP contribution in [0.25, 0.3) is 0 Å². The van der Waals surface area contributed by atoms with E-state index in [1.165, 1.54) is 0 Å². The van der Waals surface area contributed by atoms with Gasteiger partial charge in [-0.2, -0.15) is 0 Å². The fourth-order valence-corrected chi connectivity index (χ4v) is 3.07. The van der Waals surface area contributed by atoms with Gasteiger partial charge in [0.25, 0.3) is 0 Å². The molecule has 0 unspecified atom stereocenters. The van der Waals surface area contributed by atoms with Crippen molar-refractivity contribution in [3.63, 3.8) is 0 Å². The molecule has 1 saturated heterocycles. The first-order valence-electron chi connectivity index (χ1n) is 6.99. The number of benzene rings is 1. The van der Waals surface area contributed by atoms with Crippen LogP contribution < -0.4 is 14.2 Å². The number of rotatable bonds is 4. The number of methoxy groups -OCH3 is 3. The molecule has 2 heterocycles. The summed E-state index contributed by atoms with van der Waals surface area (Å²) in [6.07, 6.45) is 1.21. The van der Waals surface area contributed by atoms with E-state index in [0.717, 1.165) is 11.4 Å². The lowest BCUT2D eigenvalue weighted by Crippen LogP contribution is -2.39. The number of carbonyl (C=O) groups is 1. The summed E-state index contributed by atoms with van der Waals surface area (Å²) >= 11 is 0. The number of hydrogen-bond acceptors (Lipinski definition) is 6. The molecule has 2 aliphatic heterocycles. The highest BCUT2D eigenvalue weighted by molar-refractivity contribution is 5.95. The molecule has 1 fully saturated rings. The molecule has 0 aromatic heterocycles. The molecular formula is C15H18N2O5. The third kappa shape index (κ3) is 2.04. The van der Waals surface area contributed by atoms with Crippen LogP contribution in [0.2, 0.25) is 0 Å². The molecule has 0 aliphatic carbocycles. The average molecular weight is 306 g/mol. The number of aliphatic carboxylic acids is 1. The molecule has 1 aromatic rings. The number of carboxylic acids is 1. The van der Waals surface area contributed by atoms with Crippen LogP contribution in [-0.2, 0) is 11.3 Å². The molecule has 22 heavy (non-hydrogen) atoms. The van der Waals surface area contributed by atoms with Gasteiger partial charge in [0, 0.05) is 18.5 Å². The minimum Gasteiger partial charge on any atom is -0.493 e. The van der Waals surface area contributed by atoms with E-state index in [1.54, 1.807) is 21.3 Å². The second kappa shape index (κ2) is 5.40. The molecule has 7 nitrogen and oxygen atoms in total. The van der Waals surface area contributed by atoms with Crippen molar-refractivity contribution >= 4 is 17.5 Å². The molecule has 1 aromatic carbocycles. The molecule has 2 aliphatic rings. The zero-order chi connectivity index (χ0) is 15.9. The Morgan fingerprint density at radius 1 is 1.27 bits per heavy atom. The number of carboxylic acid groups (broad SMARTS) is 1. The zero-order valence-electron chi connectivity index (χ0n) is 12.8. The van der Waals surface area contributed by atoms with Gasteiger partial charge in [0.2, 0.25) is 5.75 Å². The molecule has 0 spiro atoms. The van der Waals surface area contributed by atoms with E-state index >= 15 is 0 Å². The van der Waals surface area contributed by atoms with Gasteiger partial charge in [0.05, 0.1) is 21.3 Å². The highest BCUT2D eigenvalue weighted by Crippen LogP contribution is 2.49. The number of ether oxygens (including phenoxy) is 3. The molecule has 0 radical (unpaired) electrons. The van der Waals surface area contributed by atoms with Gasteiger partial charge < -0.3 is 24.2 Å². The normalized spacial score (nSPS) is 19.1. The van der Waals surface area contributed by atoms with Gasteiger partial charge in [-0.05, 0) is 12.5 Å². The van der Waals surface area contributed by atoms with Crippen molar-refractivity contribution in [2.75, 3.05) is 21.3 Å². The largest absolute Gasteiger partial charge is 0.493 e. The zero-order valence-corrected chi connectivity index (χ0v) is 12.8. The summed E-state index contributed by atoms with van der Waals surface area (Å²) in [6.45, 7) is 0.474. The van der Waals surface area contributed by atoms with Crippen LogP contribution in [0.3, 0.4) is 0 Å². The Hall–Kier alpha value is -2.44. The van der Waals surface area contributed by atoms with Crippen molar-refractivity contribution in [1.82, 2.24) is 4.90 Å². The lowest BCUT2D eigenvalue weighted by atomic mass is 10.1. The molecule has 3 rings (SSSR count). The van der Waals surface area contributed by atoms with Gasteiger partial charge >= 0.3 is 5.97 Å². The maximum Gasteiger partial charge on any atom is 0.326 e. The Kier molecular flexibility index (Phi) is 3.56. The summed E-state index contributed by atoms with van der Waals surface area (Å²) in [7, 11) is 4.65. The molecule has 118 valence electrons. The van der Waals surface area contributed by atoms with Crippen LogP contribution in [0.15, 0.2) is 11.1 Å². The maximum absolute atomic E-state index is 11.3. The second-order valence-corrected chi connectivity index (χ2v) is 5.20. The van der Waals surface area contributed by atoms with Gasteiger partial charge in [-0.15, -0.1) is 0 Å². The van der Waals surface area contributed by atoms with E-state index in [-0.39, 0.29) is 0 Å². The van der Waals surface area contributed by atoms with Gasteiger partial charge in [-0.25, -0.2) is 9.79 Å². The first kappa shape index (κ1) is 14.5. The number of nitrogens with zero attached hydrogens (tertiary/aromatic N) is 2. The molecular weight excluding hydrogens is 288 g/mol. The van der Waals surface area contributed by atoms with Gasteiger partial charge in [0.1, 0.15) is 17.6 Å². The predicted molar refractivity (Wildman–Crippen MR) is 79.4 cm³/mol. The number of fused-ring (bicyclic) bond motifs is 2. The third-order valence-corrected chi connectivity index (χ3v) is 4.10. The van der Waals surface area contributed by atoms with Crippen LogP contribution in [0.5, 0.6) is 17.2 Å². The van der Waals surface area contributed by atoms with E-state index < -0.39 is 12.0 Å². The summed E-state index contributed by atoms with van der Waals surface area (Å²) in [4.78, 5) is 17.8. The van der Waals surface area contributed by atoms with E-state index in [9.17, 15) is 9.90 Å². The number of hydrogen-bond donors (Lipinski definition) is 1. The Bertz CT molecular complexity index is 656. The average Bonchev–Trinajstić information content (AvgIpc) is 2.93. The first-order valence-corrected chi connectivity index (χ1v) is 6.99. The topological polar surface area (TPSA) is 80.6 Å². The summed E-state index contributed by atoms with van der Waals surface area (Å²) < 4.78 is 16.2. The third-order valence-electron chi connectivity index (χ3n) is 4.10. The van der Waals surface area contributed by atoms with Gasteiger partial charge in [-0.1, -0.05) is 0 Å². The number of aliphatic imine (C=N–C) groups is 1. The Labute approximate surface area is 128 Å². The molecule has 7 heteroatoms. The fourth-order valence-electron chi connectivity index (χ4n) is 3.07. The monoisotopic (exact) mass is 306 g/mol. The van der Waals surface area contributed by atoms with E-state index in [4.69, 9.17) is 14.2 Å². The van der Waals surface area contributed by atoms with Crippen molar-refractivity contribution in [2.45, 2.75) is 25.4 Å². The summed E-state index contributed by atoms with van der Waals surface area (Å²) in [5.41, 5.74) is 1.56.